The molecular formula is C13H16N4O2. The fourth-order valence-electron chi connectivity index (χ4n) is 1.43. The molecule has 2 aromatic rings. The highest BCUT2D eigenvalue weighted by molar-refractivity contribution is 5.85. The molecule has 1 aromatic heterocycles. The van der Waals surface area contributed by atoms with Crippen molar-refractivity contribution in [3.05, 3.63) is 36.4 Å². The first-order valence-electron chi connectivity index (χ1n) is 5.86. The van der Waals surface area contributed by atoms with Crippen LogP contribution in [0.1, 0.15) is 31.4 Å². The Morgan fingerprint density at radius 1 is 1.26 bits per heavy atom. The highest BCUT2D eigenvalue weighted by atomic mass is 16.6. The van der Waals surface area contributed by atoms with Crippen LogP contribution in [-0.2, 0) is 4.74 Å². The normalized spacial score (nSPS) is 11.3. The van der Waals surface area contributed by atoms with Crippen molar-refractivity contribution in [2.75, 3.05) is 5.73 Å². The van der Waals surface area contributed by atoms with Crippen LogP contribution in [0, 0.1) is 0 Å². The van der Waals surface area contributed by atoms with Gasteiger partial charge < -0.3 is 10.5 Å². The van der Waals surface area contributed by atoms with Gasteiger partial charge in [-0.1, -0.05) is 0 Å². The number of hydrogen-bond acceptors (Lipinski definition) is 5. The molecule has 6 nitrogen and oxygen atoms in total. The zero-order valence-corrected chi connectivity index (χ0v) is 11.1. The molecule has 0 spiro atoms. The molecule has 100 valence electrons. The van der Waals surface area contributed by atoms with Crippen LogP contribution in [0.15, 0.2) is 30.6 Å². The molecule has 1 heterocycles. The molecule has 0 fully saturated rings. The van der Waals surface area contributed by atoms with E-state index in [1.165, 1.54) is 11.0 Å². The van der Waals surface area contributed by atoms with Gasteiger partial charge in [0.1, 0.15) is 11.9 Å². The lowest BCUT2D eigenvalue weighted by molar-refractivity contribution is 0.00558. The molecule has 19 heavy (non-hydrogen) atoms. The van der Waals surface area contributed by atoms with Gasteiger partial charge >= 0.3 is 5.97 Å². The minimum atomic E-state index is -0.566. The number of nitrogen functional groups attached to an aromatic ring is 1. The van der Waals surface area contributed by atoms with Gasteiger partial charge in [0, 0.05) is 5.69 Å². The van der Waals surface area contributed by atoms with Crippen LogP contribution in [0.3, 0.4) is 0 Å². The minimum absolute atomic E-state index is 0.0340. The van der Waals surface area contributed by atoms with Crippen LogP contribution >= 0.6 is 0 Å². The predicted molar refractivity (Wildman–Crippen MR) is 70.9 cm³/mol. The molecule has 0 aliphatic carbocycles. The fourth-order valence-corrected chi connectivity index (χ4v) is 1.43. The number of esters is 1. The number of nitrogens with zero attached hydrogens (tertiary/aromatic N) is 3. The summed E-state index contributed by atoms with van der Waals surface area (Å²) < 4.78 is 6.69. The lowest BCUT2D eigenvalue weighted by Crippen LogP contribution is -2.24. The van der Waals surface area contributed by atoms with Gasteiger partial charge in [-0.25, -0.2) is 14.5 Å². The molecule has 0 amide bonds. The zero-order chi connectivity index (χ0) is 14.0. The smallest absolute Gasteiger partial charge is 0.378 e. The van der Waals surface area contributed by atoms with Crippen molar-refractivity contribution < 1.29 is 9.53 Å². The molecule has 0 aliphatic heterocycles. The van der Waals surface area contributed by atoms with Gasteiger partial charge in [-0.2, -0.15) is 0 Å². The van der Waals surface area contributed by atoms with Gasteiger partial charge in [0.25, 0.3) is 5.82 Å². The Morgan fingerprint density at radius 2 is 1.89 bits per heavy atom. The first-order valence-corrected chi connectivity index (χ1v) is 5.86. The highest BCUT2D eigenvalue weighted by Crippen LogP contribution is 2.12. The average molecular weight is 260 g/mol. The fraction of sp³-hybridized carbons (Fsp3) is 0.308. The predicted octanol–water partition coefficient (Wildman–Crippen LogP) is 1.80. The van der Waals surface area contributed by atoms with Crippen LogP contribution in [0.4, 0.5) is 5.69 Å². The maximum atomic E-state index is 11.8. The number of carbonyl (C=O) groups is 1. The van der Waals surface area contributed by atoms with Crippen LogP contribution in [0.2, 0.25) is 0 Å². The Labute approximate surface area is 111 Å². The number of carbonyl (C=O) groups excluding carboxylic acids is 1. The molecule has 2 N–H and O–H groups in total. The number of nitrogens with two attached hydrogens (primary N) is 1. The lowest BCUT2D eigenvalue weighted by atomic mass is 10.2. The Bertz CT molecular complexity index is 581. The zero-order valence-electron chi connectivity index (χ0n) is 11.1. The summed E-state index contributed by atoms with van der Waals surface area (Å²) >= 11 is 0. The molecule has 6 heteroatoms. The lowest BCUT2D eigenvalue weighted by Gasteiger charge is -2.17. The van der Waals surface area contributed by atoms with Gasteiger partial charge in [0.05, 0.1) is 5.69 Å². The number of benzene rings is 1. The third-order valence-corrected chi connectivity index (χ3v) is 2.23. The van der Waals surface area contributed by atoms with E-state index in [0.717, 1.165) is 5.69 Å². The van der Waals surface area contributed by atoms with Gasteiger partial charge in [-0.3, -0.25) is 0 Å². The molecule has 0 atom stereocenters. The van der Waals surface area contributed by atoms with E-state index in [9.17, 15) is 4.79 Å². The summed E-state index contributed by atoms with van der Waals surface area (Å²) in [7, 11) is 0. The third kappa shape index (κ3) is 3.31. The maximum absolute atomic E-state index is 11.8. The van der Waals surface area contributed by atoms with Crippen LogP contribution in [-0.4, -0.2) is 26.3 Å². The quantitative estimate of drug-likeness (QED) is 0.657. The summed E-state index contributed by atoms with van der Waals surface area (Å²) in [5.74, 6) is -0.506. The number of ether oxygens (including phenoxy) is 1. The van der Waals surface area contributed by atoms with Crippen molar-refractivity contribution in [3.63, 3.8) is 0 Å². The summed E-state index contributed by atoms with van der Waals surface area (Å²) in [6.45, 7) is 5.38. The van der Waals surface area contributed by atoms with Gasteiger partial charge in [-0.05, 0) is 45.0 Å². The number of aromatic nitrogens is 3. The Kier molecular flexibility index (Phi) is 3.25. The number of anilines is 1. The Morgan fingerprint density at radius 3 is 2.47 bits per heavy atom. The highest BCUT2D eigenvalue weighted by Gasteiger charge is 2.21. The van der Waals surface area contributed by atoms with E-state index in [-0.39, 0.29) is 5.82 Å². The Balaban J connectivity index is 2.19. The molecule has 0 saturated carbocycles. The molecule has 0 saturated heterocycles. The maximum Gasteiger partial charge on any atom is 0.378 e. The minimum Gasteiger partial charge on any atom is -0.454 e. The molecular weight excluding hydrogens is 244 g/mol. The third-order valence-electron chi connectivity index (χ3n) is 2.23. The van der Waals surface area contributed by atoms with Crippen molar-refractivity contribution in [1.82, 2.24) is 14.8 Å². The summed E-state index contributed by atoms with van der Waals surface area (Å²) in [4.78, 5) is 15.7. The SMILES string of the molecule is CC(C)(C)OC(=O)c1ncn(-c2ccc(N)cc2)n1. The summed E-state index contributed by atoms with van der Waals surface area (Å²) in [6.07, 6.45) is 1.46. The van der Waals surface area contributed by atoms with Crippen molar-refractivity contribution in [1.29, 1.82) is 0 Å². The molecule has 0 unspecified atom stereocenters. The van der Waals surface area contributed by atoms with Crippen molar-refractivity contribution in [2.24, 2.45) is 0 Å². The summed E-state index contributed by atoms with van der Waals surface area (Å²) in [5, 5.41) is 4.08. The van der Waals surface area contributed by atoms with Gasteiger partial charge in [-0.15, -0.1) is 5.10 Å². The van der Waals surface area contributed by atoms with Crippen LogP contribution < -0.4 is 5.73 Å². The Hall–Kier alpha value is -2.37. The number of rotatable bonds is 2. The van der Waals surface area contributed by atoms with Gasteiger partial charge in [0.2, 0.25) is 0 Å². The molecule has 0 bridgehead atoms. The van der Waals surface area contributed by atoms with E-state index >= 15 is 0 Å². The van der Waals surface area contributed by atoms with Crippen LogP contribution in [0.5, 0.6) is 0 Å². The van der Waals surface area contributed by atoms with E-state index < -0.39 is 11.6 Å². The second-order valence-electron chi connectivity index (χ2n) is 5.11. The summed E-state index contributed by atoms with van der Waals surface area (Å²) in [6, 6.07) is 7.10. The molecule has 0 aliphatic rings. The molecule has 0 radical (unpaired) electrons. The van der Waals surface area contributed by atoms with E-state index in [0.29, 0.717) is 5.69 Å². The van der Waals surface area contributed by atoms with Crippen molar-refractivity contribution >= 4 is 11.7 Å². The van der Waals surface area contributed by atoms with Crippen molar-refractivity contribution in [3.8, 4) is 5.69 Å². The summed E-state index contributed by atoms with van der Waals surface area (Å²) in [5.41, 5.74) is 6.48. The monoisotopic (exact) mass is 260 g/mol. The molecule has 1 aromatic carbocycles. The second-order valence-corrected chi connectivity index (χ2v) is 5.11. The van der Waals surface area contributed by atoms with E-state index in [1.54, 1.807) is 45.0 Å². The van der Waals surface area contributed by atoms with E-state index in [4.69, 9.17) is 10.5 Å². The largest absolute Gasteiger partial charge is 0.454 e. The van der Waals surface area contributed by atoms with Crippen molar-refractivity contribution in [2.45, 2.75) is 26.4 Å². The topological polar surface area (TPSA) is 83.0 Å². The average Bonchev–Trinajstić information content (AvgIpc) is 2.77. The van der Waals surface area contributed by atoms with E-state index in [1.807, 2.05) is 0 Å². The standard InChI is InChI=1S/C13H16N4O2/c1-13(2,3)19-12(18)11-15-8-17(16-11)10-6-4-9(14)5-7-10/h4-8H,14H2,1-3H3. The second kappa shape index (κ2) is 4.72. The first-order chi connectivity index (χ1) is 8.85. The number of hydrogen-bond donors (Lipinski definition) is 1. The van der Waals surface area contributed by atoms with Gasteiger partial charge in [0.15, 0.2) is 0 Å². The first kappa shape index (κ1) is 13.1. The molecule has 2 rings (SSSR count). The van der Waals surface area contributed by atoms with E-state index in [2.05, 4.69) is 10.1 Å². The van der Waals surface area contributed by atoms with Crippen LogP contribution in [0.25, 0.3) is 5.69 Å².